The number of aromatic nitrogens is 1. The fraction of sp³-hybridized carbons (Fsp3) is 0.400. The smallest absolute Gasteiger partial charge is 0.243 e. The van der Waals surface area contributed by atoms with Crippen molar-refractivity contribution < 1.29 is 13.2 Å². The van der Waals surface area contributed by atoms with Crippen LogP contribution in [0.25, 0.3) is 10.9 Å². The lowest BCUT2D eigenvalue weighted by Crippen LogP contribution is -2.35. The predicted octanol–water partition coefficient (Wildman–Crippen LogP) is 4.13. The van der Waals surface area contributed by atoms with Gasteiger partial charge in [0.25, 0.3) is 0 Å². The molecule has 0 aliphatic carbocycles. The fourth-order valence-corrected chi connectivity index (χ4v) is 5.82. The monoisotopic (exact) mass is 453 g/mol. The van der Waals surface area contributed by atoms with Crippen LogP contribution in [0, 0.1) is 0 Å². The first kappa shape index (κ1) is 22.6. The van der Waals surface area contributed by atoms with E-state index < -0.39 is 10.0 Å². The zero-order chi connectivity index (χ0) is 22.6. The van der Waals surface area contributed by atoms with Gasteiger partial charge in [-0.05, 0) is 48.6 Å². The Morgan fingerprint density at radius 2 is 1.78 bits per heavy atom. The van der Waals surface area contributed by atoms with Crippen LogP contribution in [0.5, 0.6) is 0 Å². The number of aryl methyl sites for hydroxylation is 1. The van der Waals surface area contributed by atoms with Crippen LogP contribution >= 0.6 is 0 Å². The first-order valence-corrected chi connectivity index (χ1v) is 12.8. The summed E-state index contributed by atoms with van der Waals surface area (Å²) in [7, 11) is -3.45. The average Bonchev–Trinajstić information content (AvgIpc) is 3.24. The van der Waals surface area contributed by atoms with Gasteiger partial charge in [0.05, 0.1) is 4.90 Å². The van der Waals surface area contributed by atoms with Gasteiger partial charge in [0, 0.05) is 49.7 Å². The van der Waals surface area contributed by atoms with Crippen molar-refractivity contribution >= 4 is 26.8 Å². The van der Waals surface area contributed by atoms with E-state index in [4.69, 9.17) is 0 Å². The summed E-state index contributed by atoms with van der Waals surface area (Å²) in [4.78, 5) is 12.7. The second kappa shape index (κ2) is 9.88. The van der Waals surface area contributed by atoms with E-state index in [9.17, 15) is 13.2 Å². The molecule has 0 radical (unpaired) electrons. The zero-order valence-electron chi connectivity index (χ0n) is 18.5. The Balaban J connectivity index is 1.36. The normalized spacial score (nSPS) is 16.2. The number of carbonyl (C=O) groups excluding carboxylic acids is 1. The summed E-state index contributed by atoms with van der Waals surface area (Å²) in [6.07, 6.45) is 5.22. The standard InChI is InChI=1S/C25H31N3O3S/c1-20(21-8-4-2-5-9-21)19-26-25(29)13-17-27-16-12-22-18-23(10-11-24(22)27)32(30,31)28-14-6-3-7-15-28/h2,4-5,8-12,16,18,20H,3,6-7,13-15,17,19H2,1H3,(H,26,29). The van der Waals surface area contributed by atoms with Crippen LogP contribution in [0.1, 0.15) is 44.1 Å². The Hall–Kier alpha value is -2.64. The quantitative estimate of drug-likeness (QED) is 0.558. The van der Waals surface area contributed by atoms with Crippen molar-refractivity contribution in [1.29, 1.82) is 0 Å². The van der Waals surface area contributed by atoms with Crippen LogP contribution in [-0.4, -0.2) is 42.8 Å². The highest BCUT2D eigenvalue weighted by Gasteiger charge is 2.26. The molecule has 1 aliphatic heterocycles. The third-order valence-corrected chi connectivity index (χ3v) is 8.14. The zero-order valence-corrected chi connectivity index (χ0v) is 19.4. The van der Waals surface area contributed by atoms with E-state index >= 15 is 0 Å². The molecule has 3 aromatic rings. The third-order valence-electron chi connectivity index (χ3n) is 6.25. The van der Waals surface area contributed by atoms with Crippen molar-refractivity contribution in [2.24, 2.45) is 0 Å². The molecule has 0 bridgehead atoms. The number of piperidine rings is 1. The SMILES string of the molecule is CC(CNC(=O)CCn1ccc2cc(S(=O)(=O)N3CCCCC3)ccc21)c1ccccc1. The van der Waals surface area contributed by atoms with Gasteiger partial charge in [0.1, 0.15) is 0 Å². The molecular weight excluding hydrogens is 422 g/mol. The van der Waals surface area contributed by atoms with Crippen molar-refractivity contribution in [2.45, 2.75) is 50.0 Å². The molecule has 1 fully saturated rings. The largest absolute Gasteiger partial charge is 0.355 e. The van der Waals surface area contributed by atoms with Gasteiger partial charge in [0.2, 0.25) is 15.9 Å². The maximum atomic E-state index is 12.9. The number of carbonyl (C=O) groups is 1. The number of rotatable bonds is 8. The van der Waals surface area contributed by atoms with Crippen LogP contribution in [-0.2, 0) is 21.4 Å². The van der Waals surface area contributed by atoms with Crippen molar-refractivity contribution in [3.8, 4) is 0 Å². The van der Waals surface area contributed by atoms with Crippen molar-refractivity contribution in [1.82, 2.24) is 14.2 Å². The molecule has 1 aromatic heterocycles. The number of hydrogen-bond donors (Lipinski definition) is 1. The van der Waals surface area contributed by atoms with E-state index in [0.717, 1.165) is 30.2 Å². The van der Waals surface area contributed by atoms with E-state index in [1.165, 1.54) is 5.56 Å². The number of sulfonamides is 1. The van der Waals surface area contributed by atoms with Gasteiger partial charge in [-0.15, -0.1) is 0 Å². The number of amides is 1. The Bertz CT molecular complexity index is 1170. The second-order valence-electron chi connectivity index (χ2n) is 8.56. The minimum Gasteiger partial charge on any atom is -0.355 e. The number of nitrogens with one attached hydrogen (secondary N) is 1. The Morgan fingerprint density at radius 1 is 1.03 bits per heavy atom. The van der Waals surface area contributed by atoms with Gasteiger partial charge in [-0.3, -0.25) is 4.79 Å². The summed E-state index contributed by atoms with van der Waals surface area (Å²) in [6, 6.07) is 17.3. The topological polar surface area (TPSA) is 71.4 Å². The summed E-state index contributed by atoms with van der Waals surface area (Å²) in [5, 5.41) is 3.90. The van der Waals surface area contributed by atoms with Crippen LogP contribution in [0.4, 0.5) is 0 Å². The molecule has 32 heavy (non-hydrogen) atoms. The number of benzene rings is 2. The molecular formula is C25H31N3O3S. The molecule has 1 N–H and O–H groups in total. The van der Waals surface area contributed by atoms with Gasteiger partial charge in [-0.25, -0.2) is 8.42 Å². The first-order valence-electron chi connectivity index (χ1n) is 11.4. The molecule has 1 atom stereocenters. The van der Waals surface area contributed by atoms with Crippen LogP contribution in [0.2, 0.25) is 0 Å². The number of fused-ring (bicyclic) bond motifs is 1. The molecule has 7 heteroatoms. The lowest BCUT2D eigenvalue weighted by atomic mass is 10.0. The molecule has 1 amide bonds. The Morgan fingerprint density at radius 3 is 2.53 bits per heavy atom. The van der Waals surface area contributed by atoms with E-state index in [0.29, 0.717) is 37.5 Å². The molecule has 1 saturated heterocycles. The van der Waals surface area contributed by atoms with Gasteiger partial charge in [-0.2, -0.15) is 4.31 Å². The van der Waals surface area contributed by atoms with Crippen LogP contribution < -0.4 is 5.32 Å². The van der Waals surface area contributed by atoms with Crippen LogP contribution in [0.3, 0.4) is 0 Å². The lowest BCUT2D eigenvalue weighted by molar-refractivity contribution is -0.121. The molecule has 0 saturated carbocycles. The Kier molecular flexibility index (Phi) is 6.96. The predicted molar refractivity (Wildman–Crippen MR) is 127 cm³/mol. The molecule has 1 aliphatic rings. The molecule has 0 spiro atoms. The second-order valence-corrected chi connectivity index (χ2v) is 10.5. The van der Waals surface area contributed by atoms with Crippen molar-refractivity contribution in [3.05, 3.63) is 66.4 Å². The van der Waals surface area contributed by atoms with Crippen molar-refractivity contribution in [2.75, 3.05) is 19.6 Å². The molecule has 2 heterocycles. The highest BCUT2D eigenvalue weighted by atomic mass is 32.2. The lowest BCUT2D eigenvalue weighted by Gasteiger charge is -2.25. The average molecular weight is 454 g/mol. The summed E-state index contributed by atoms with van der Waals surface area (Å²) in [6.45, 7) is 4.45. The molecule has 6 nitrogen and oxygen atoms in total. The van der Waals surface area contributed by atoms with Gasteiger partial charge in [-0.1, -0.05) is 43.7 Å². The maximum Gasteiger partial charge on any atom is 0.243 e. The Labute approximate surface area is 190 Å². The van der Waals surface area contributed by atoms with E-state index in [1.807, 2.05) is 41.1 Å². The fourth-order valence-electron chi connectivity index (χ4n) is 4.26. The van der Waals surface area contributed by atoms with Crippen molar-refractivity contribution in [3.63, 3.8) is 0 Å². The summed E-state index contributed by atoms with van der Waals surface area (Å²) < 4.78 is 29.5. The summed E-state index contributed by atoms with van der Waals surface area (Å²) in [5.74, 6) is 0.270. The third kappa shape index (κ3) is 5.05. The molecule has 170 valence electrons. The van der Waals surface area contributed by atoms with E-state index in [2.05, 4.69) is 24.4 Å². The first-order chi connectivity index (χ1) is 15.4. The molecule has 1 unspecified atom stereocenters. The highest BCUT2D eigenvalue weighted by molar-refractivity contribution is 7.89. The van der Waals surface area contributed by atoms with Gasteiger partial charge in [0.15, 0.2) is 0 Å². The molecule has 4 rings (SSSR count). The minimum absolute atomic E-state index is 0.0129. The summed E-state index contributed by atoms with van der Waals surface area (Å²) in [5.41, 5.74) is 2.15. The number of hydrogen-bond acceptors (Lipinski definition) is 3. The molecule has 2 aromatic carbocycles. The van der Waals surface area contributed by atoms with Gasteiger partial charge < -0.3 is 9.88 Å². The minimum atomic E-state index is -3.45. The van der Waals surface area contributed by atoms with Crippen LogP contribution in [0.15, 0.2) is 65.7 Å². The maximum absolute atomic E-state index is 12.9. The summed E-state index contributed by atoms with van der Waals surface area (Å²) >= 11 is 0. The van der Waals surface area contributed by atoms with Gasteiger partial charge >= 0.3 is 0 Å². The van der Waals surface area contributed by atoms with E-state index in [-0.39, 0.29) is 11.8 Å². The highest BCUT2D eigenvalue weighted by Crippen LogP contribution is 2.25. The van der Waals surface area contributed by atoms with E-state index in [1.54, 1.807) is 16.4 Å². The number of nitrogens with zero attached hydrogens (tertiary/aromatic N) is 2.